The molecule has 0 aromatic carbocycles. The second-order valence-electron chi connectivity index (χ2n) is 3.53. The largest absolute Gasteiger partial charge is 0.309 e. The van der Waals surface area contributed by atoms with Gasteiger partial charge in [-0.25, -0.2) is 9.97 Å². The molecule has 13 heavy (non-hydrogen) atoms. The molecule has 3 heteroatoms. The number of hydrogen-bond acceptors (Lipinski definition) is 3. The molecular weight excluding hydrogens is 162 g/mol. The van der Waals surface area contributed by atoms with Crippen molar-refractivity contribution in [3.05, 3.63) is 23.8 Å². The van der Waals surface area contributed by atoms with E-state index < -0.39 is 0 Å². The fraction of sp³-hybridized carbons (Fsp3) is 0.600. The quantitative estimate of drug-likeness (QED) is 0.708. The first-order valence-electron chi connectivity index (χ1n) is 4.89. The van der Waals surface area contributed by atoms with Crippen LogP contribution in [0.4, 0.5) is 0 Å². The van der Waals surface area contributed by atoms with Crippen molar-refractivity contribution in [3.8, 4) is 0 Å². The molecule has 1 fully saturated rings. The third-order valence-corrected chi connectivity index (χ3v) is 2.46. The lowest BCUT2D eigenvalue weighted by Crippen LogP contribution is -2.27. The Morgan fingerprint density at radius 2 is 2.38 bits per heavy atom. The summed E-state index contributed by atoms with van der Waals surface area (Å²) >= 11 is 0. The van der Waals surface area contributed by atoms with E-state index in [1.165, 1.54) is 19.3 Å². The normalized spacial score (nSPS) is 23.0. The van der Waals surface area contributed by atoms with Gasteiger partial charge in [0.15, 0.2) is 0 Å². The maximum atomic E-state index is 4.42. The average molecular weight is 177 g/mol. The molecule has 0 radical (unpaired) electrons. The lowest BCUT2D eigenvalue weighted by Gasteiger charge is -2.22. The lowest BCUT2D eigenvalue weighted by atomic mass is 10.0. The van der Waals surface area contributed by atoms with E-state index in [1.54, 1.807) is 0 Å². The van der Waals surface area contributed by atoms with E-state index in [0.717, 1.165) is 18.1 Å². The molecule has 1 N–H and O–H groups in total. The summed E-state index contributed by atoms with van der Waals surface area (Å²) < 4.78 is 0. The number of rotatable bonds is 1. The Kier molecular flexibility index (Phi) is 2.54. The van der Waals surface area contributed by atoms with Crippen LogP contribution in [0.2, 0.25) is 0 Å². The van der Waals surface area contributed by atoms with E-state index in [0.29, 0.717) is 6.04 Å². The van der Waals surface area contributed by atoms with Crippen LogP contribution in [0.15, 0.2) is 12.3 Å². The van der Waals surface area contributed by atoms with Gasteiger partial charge in [0.2, 0.25) is 0 Å². The monoisotopic (exact) mass is 177 g/mol. The SMILES string of the molecule is Cc1nccc([C@H]2CCCCN2)n1. The van der Waals surface area contributed by atoms with Crippen LogP contribution in [-0.2, 0) is 0 Å². The Bertz CT molecular complexity index is 279. The number of hydrogen-bond donors (Lipinski definition) is 1. The summed E-state index contributed by atoms with van der Waals surface area (Å²) in [6, 6.07) is 2.46. The Morgan fingerprint density at radius 3 is 3.08 bits per heavy atom. The van der Waals surface area contributed by atoms with E-state index in [1.807, 2.05) is 19.2 Å². The Morgan fingerprint density at radius 1 is 1.46 bits per heavy atom. The van der Waals surface area contributed by atoms with Crippen molar-refractivity contribution in [1.82, 2.24) is 15.3 Å². The molecule has 0 saturated carbocycles. The van der Waals surface area contributed by atoms with Gasteiger partial charge < -0.3 is 5.32 Å². The van der Waals surface area contributed by atoms with Crippen molar-refractivity contribution < 1.29 is 0 Å². The summed E-state index contributed by atoms with van der Waals surface area (Å²) in [5.74, 6) is 0.866. The van der Waals surface area contributed by atoms with E-state index in [4.69, 9.17) is 0 Å². The van der Waals surface area contributed by atoms with Gasteiger partial charge in [0.25, 0.3) is 0 Å². The zero-order chi connectivity index (χ0) is 9.10. The van der Waals surface area contributed by atoms with Gasteiger partial charge >= 0.3 is 0 Å². The fourth-order valence-corrected chi connectivity index (χ4v) is 1.77. The molecule has 2 heterocycles. The van der Waals surface area contributed by atoms with Crippen molar-refractivity contribution >= 4 is 0 Å². The smallest absolute Gasteiger partial charge is 0.125 e. The number of piperidine rings is 1. The average Bonchev–Trinajstić information content (AvgIpc) is 2.19. The number of nitrogens with zero attached hydrogens (tertiary/aromatic N) is 2. The predicted octanol–water partition coefficient (Wildman–Crippen LogP) is 1.60. The third kappa shape index (κ3) is 2.04. The summed E-state index contributed by atoms with van der Waals surface area (Å²) in [6.45, 7) is 3.06. The molecule has 0 aliphatic carbocycles. The second-order valence-corrected chi connectivity index (χ2v) is 3.53. The molecule has 1 atom stereocenters. The maximum absolute atomic E-state index is 4.42. The molecule has 1 saturated heterocycles. The van der Waals surface area contributed by atoms with Gasteiger partial charge in [0.05, 0.1) is 5.69 Å². The zero-order valence-corrected chi connectivity index (χ0v) is 7.95. The first-order chi connectivity index (χ1) is 6.36. The number of nitrogens with one attached hydrogen (secondary N) is 1. The van der Waals surface area contributed by atoms with Crippen LogP contribution in [-0.4, -0.2) is 16.5 Å². The molecule has 0 bridgehead atoms. The molecule has 1 aromatic heterocycles. The van der Waals surface area contributed by atoms with Crippen LogP contribution in [0, 0.1) is 6.92 Å². The van der Waals surface area contributed by atoms with Crippen molar-refractivity contribution in [2.45, 2.75) is 32.2 Å². The van der Waals surface area contributed by atoms with Gasteiger partial charge in [-0.1, -0.05) is 6.42 Å². The minimum Gasteiger partial charge on any atom is -0.309 e. The van der Waals surface area contributed by atoms with Crippen molar-refractivity contribution in [3.63, 3.8) is 0 Å². The van der Waals surface area contributed by atoms with Crippen LogP contribution >= 0.6 is 0 Å². The zero-order valence-electron chi connectivity index (χ0n) is 7.95. The highest BCUT2D eigenvalue weighted by Crippen LogP contribution is 2.20. The Hall–Kier alpha value is -0.960. The fourth-order valence-electron chi connectivity index (χ4n) is 1.77. The molecule has 2 rings (SSSR count). The molecule has 0 amide bonds. The molecule has 1 aliphatic rings. The van der Waals surface area contributed by atoms with Crippen LogP contribution in [0.3, 0.4) is 0 Å². The van der Waals surface area contributed by atoms with E-state index in [9.17, 15) is 0 Å². The summed E-state index contributed by atoms with van der Waals surface area (Å²) in [5, 5.41) is 3.47. The van der Waals surface area contributed by atoms with Gasteiger partial charge in [-0.05, 0) is 32.4 Å². The standard InChI is InChI=1S/C10H15N3/c1-8-11-7-5-10(13-8)9-4-2-3-6-12-9/h5,7,9,12H,2-4,6H2,1H3/t9-/m1/s1. The number of aromatic nitrogens is 2. The van der Waals surface area contributed by atoms with Crippen LogP contribution in [0.5, 0.6) is 0 Å². The molecule has 0 spiro atoms. The molecule has 3 nitrogen and oxygen atoms in total. The summed E-state index contributed by atoms with van der Waals surface area (Å²) in [6.07, 6.45) is 5.64. The lowest BCUT2D eigenvalue weighted by molar-refractivity contribution is 0.404. The highest BCUT2D eigenvalue weighted by atomic mass is 15.0. The van der Waals surface area contributed by atoms with E-state index in [-0.39, 0.29) is 0 Å². The third-order valence-electron chi connectivity index (χ3n) is 2.46. The minimum atomic E-state index is 0.454. The van der Waals surface area contributed by atoms with Crippen molar-refractivity contribution in [1.29, 1.82) is 0 Å². The van der Waals surface area contributed by atoms with Gasteiger partial charge in [0.1, 0.15) is 5.82 Å². The van der Waals surface area contributed by atoms with Crippen molar-refractivity contribution in [2.75, 3.05) is 6.54 Å². The van der Waals surface area contributed by atoms with Crippen LogP contribution < -0.4 is 5.32 Å². The first kappa shape index (κ1) is 8.63. The number of aryl methyl sites for hydroxylation is 1. The van der Waals surface area contributed by atoms with Crippen LogP contribution in [0.25, 0.3) is 0 Å². The summed E-state index contributed by atoms with van der Waals surface area (Å²) in [4.78, 5) is 8.52. The molecule has 1 aromatic rings. The van der Waals surface area contributed by atoms with Gasteiger partial charge in [-0.2, -0.15) is 0 Å². The minimum absolute atomic E-state index is 0.454. The van der Waals surface area contributed by atoms with Gasteiger partial charge in [-0.15, -0.1) is 0 Å². The van der Waals surface area contributed by atoms with Crippen LogP contribution in [0.1, 0.15) is 36.8 Å². The molecule has 0 unspecified atom stereocenters. The van der Waals surface area contributed by atoms with Gasteiger partial charge in [0, 0.05) is 12.2 Å². The molecular formula is C10H15N3. The van der Waals surface area contributed by atoms with Crippen molar-refractivity contribution in [2.24, 2.45) is 0 Å². The topological polar surface area (TPSA) is 37.8 Å². The Labute approximate surface area is 78.6 Å². The predicted molar refractivity (Wildman–Crippen MR) is 51.4 cm³/mol. The highest BCUT2D eigenvalue weighted by molar-refractivity contribution is 5.07. The van der Waals surface area contributed by atoms with Gasteiger partial charge in [-0.3, -0.25) is 0 Å². The van der Waals surface area contributed by atoms with E-state index in [2.05, 4.69) is 15.3 Å². The highest BCUT2D eigenvalue weighted by Gasteiger charge is 2.15. The Balaban J connectivity index is 2.14. The maximum Gasteiger partial charge on any atom is 0.125 e. The summed E-state index contributed by atoms with van der Waals surface area (Å²) in [5.41, 5.74) is 1.15. The second kappa shape index (κ2) is 3.83. The summed E-state index contributed by atoms with van der Waals surface area (Å²) in [7, 11) is 0. The molecule has 1 aliphatic heterocycles. The first-order valence-corrected chi connectivity index (χ1v) is 4.89. The van der Waals surface area contributed by atoms with E-state index >= 15 is 0 Å². The molecule has 70 valence electrons.